The van der Waals surface area contributed by atoms with Gasteiger partial charge in [-0.25, -0.2) is 0 Å². The van der Waals surface area contributed by atoms with E-state index in [1.165, 1.54) is 0 Å². The second-order valence-electron chi connectivity index (χ2n) is 4.36. The van der Waals surface area contributed by atoms with Crippen molar-refractivity contribution in [3.8, 4) is 0 Å². The predicted octanol–water partition coefficient (Wildman–Crippen LogP) is 2.36. The summed E-state index contributed by atoms with van der Waals surface area (Å²) in [5.74, 6) is -2.32. The van der Waals surface area contributed by atoms with Crippen molar-refractivity contribution in [3.63, 3.8) is 0 Å². The van der Waals surface area contributed by atoms with E-state index in [1.807, 2.05) is 0 Å². The van der Waals surface area contributed by atoms with Crippen LogP contribution in [0.3, 0.4) is 0 Å². The van der Waals surface area contributed by atoms with Gasteiger partial charge in [-0.05, 0) is 12.8 Å². The minimum atomic E-state index is -4.42. The summed E-state index contributed by atoms with van der Waals surface area (Å²) >= 11 is 0. The van der Waals surface area contributed by atoms with E-state index in [2.05, 4.69) is 4.74 Å². The number of halogens is 3. The summed E-state index contributed by atoms with van der Waals surface area (Å²) in [5, 5.41) is 0. The van der Waals surface area contributed by atoms with Gasteiger partial charge in [-0.15, -0.1) is 0 Å². The summed E-state index contributed by atoms with van der Waals surface area (Å²) in [6.45, 7) is 3.37. The highest BCUT2D eigenvalue weighted by Gasteiger charge is 2.31. The Hall–Kier alpha value is -1.11. The molecule has 0 aromatic heterocycles. The lowest BCUT2D eigenvalue weighted by molar-refractivity contribution is -0.175. The average molecular weight is 284 g/mol. The van der Waals surface area contributed by atoms with Gasteiger partial charge in [0.25, 0.3) is 0 Å². The van der Waals surface area contributed by atoms with Crippen molar-refractivity contribution in [2.75, 3.05) is 19.8 Å². The Labute approximate surface area is 110 Å². The molecule has 0 radical (unpaired) electrons. The fourth-order valence-corrected chi connectivity index (χ4v) is 1.52. The lowest BCUT2D eigenvalue weighted by Crippen LogP contribution is -2.31. The summed E-state index contributed by atoms with van der Waals surface area (Å²) in [7, 11) is 0. The van der Waals surface area contributed by atoms with E-state index in [1.54, 1.807) is 20.8 Å². The second-order valence-corrected chi connectivity index (χ2v) is 4.36. The number of carbonyl (C=O) groups is 2. The highest BCUT2D eigenvalue weighted by Crippen LogP contribution is 2.17. The largest absolute Gasteiger partial charge is 0.465 e. The monoisotopic (exact) mass is 284 g/mol. The van der Waals surface area contributed by atoms with E-state index in [9.17, 15) is 22.8 Å². The van der Waals surface area contributed by atoms with E-state index in [-0.39, 0.29) is 25.6 Å². The number of carbonyl (C=O) groups excluding carboxylic acids is 2. The van der Waals surface area contributed by atoms with E-state index < -0.39 is 30.5 Å². The van der Waals surface area contributed by atoms with E-state index >= 15 is 0 Å². The molecule has 7 heteroatoms. The lowest BCUT2D eigenvalue weighted by atomic mass is 9.90. The first kappa shape index (κ1) is 17.9. The first-order valence-electron chi connectivity index (χ1n) is 6.02. The summed E-state index contributed by atoms with van der Waals surface area (Å²) in [6.07, 6.45) is -4.65. The van der Waals surface area contributed by atoms with Gasteiger partial charge >= 0.3 is 12.1 Å². The third kappa shape index (κ3) is 7.81. The number of rotatable bonds is 8. The third-order valence-corrected chi connectivity index (χ3v) is 2.31. The van der Waals surface area contributed by atoms with Gasteiger partial charge in [0.15, 0.2) is 0 Å². The molecule has 112 valence electrons. The molecule has 0 aromatic carbocycles. The molecule has 0 rings (SSSR count). The molecule has 0 amide bonds. The van der Waals surface area contributed by atoms with Crippen LogP contribution in [-0.4, -0.2) is 37.7 Å². The van der Waals surface area contributed by atoms with Crippen molar-refractivity contribution in [1.82, 2.24) is 0 Å². The summed E-state index contributed by atoms with van der Waals surface area (Å²) in [5.41, 5.74) is 0. The maximum Gasteiger partial charge on any atom is 0.411 e. The standard InChI is InChI=1S/C12H19F3O4/c1-4-19-11(17)10(8(2)3)9(16)5-6-18-7-12(13,14)15/h8,10H,4-7H2,1-3H3. The number of alkyl halides is 3. The minimum absolute atomic E-state index is 0.153. The molecule has 19 heavy (non-hydrogen) atoms. The van der Waals surface area contributed by atoms with Crippen molar-refractivity contribution >= 4 is 11.8 Å². The smallest absolute Gasteiger partial charge is 0.411 e. The number of hydrogen-bond donors (Lipinski definition) is 0. The molecule has 0 aliphatic carbocycles. The molecular formula is C12H19F3O4. The molecule has 0 spiro atoms. The fourth-order valence-electron chi connectivity index (χ4n) is 1.52. The van der Waals surface area contributed by atoms with Crippen molar-refractivity contribution in [3.05, 3.63) is 0 Å². The van der Waals surface area contributed by atoms with Crippen molar-refractivity contribution in [1.29, 1.82) is 0 Å². The van der Waals surface area contributed by atoms with Crippen LogP contribution in [0, 0.1) is 11.8 Å². The maximum atomic E-state index is 11.8. The van der Waals surface area contributed by atoms with Crippen LogP contribution in [0.2, 0.25) is 0 Å². The summed E-state index contributed by atoms with van der Waals surface area (Å²) in [4.78, 5) is 23.3. The Morgan fingerprint density at radius 1 is 1.21 bits per heavy atom. The van der Waals surface area contributed by atoms with E-state index in [0.717, 1.165) is 0 Å². The van der Waals surface area contributed by atoms with E-state index in [4.69, 9.17) is 4.74 Å². The molecule has 0 fully saturated rings. The van der Waals surface area contributed by atoms with E-state index in [0.29, 0.717) is 0 Å². The third-order valence-electron chi connectivity index (χ3n) is 2.31. The Balaban J connectivity index is 4.24. The van der Waals surface area contributed by atoms with Crippen LogP contribution in [0.5, 0.6) is 0 Å². The Morgan fingerprint density at radius 3 is 2.21 bits per heavy atom. The zero-order valence-corrected chi connectivity index (χ0v) is 11.3. The van der Waals surface area contributed by atoms with Crippen LogP contribution in [0.1, 0.15) is 27.2 Å². The molecule has 0 aliphatic heterocycles. The fraction of sp³-hybridized carbons (Fsp3) is 0.833. The van der Waals surface area contributed by atoms with Crippen LogP contribution in [0.25, 0.3) is 0 Å². The Kier molecular flexibility index (Phi) is 7.66. The highest BCUT2D eigenvalue weighted by atomic mass is 19.4. The molecule has 1 unspecified atom stereocenters. The second kappa shape index (κ2) is 8.14. The molecule has 0 N–H and O–H groups in total. The zero-order chi connectivity index (χ0) is 15.1. The number of hydrogen-bond acceptors (Lipinski definition) is 4. The number of esters is 1. The van der Waals surface area contributed by atoms with Gasteiger partial charge in [-0.2, -0.15) is 13.2 Å². The van der Waals surface area contributed by atoms with Gasteiger partial charge in [-0.1, -0.05) is 13.8 Å². The maximum absolute atomic E-state index is 11.8. The first-order chi connectivity index (χ1) is 8.69. The average Bonchev–Trinajstić information content (AvgIpc) is 2.23. The van der Waals surface area contributed by atoms with Crippen molar-refractivity contribution in [2.24, 2.45) is 11.8 Å². The van der Waals surface area contributed by atoms with Gasteiger partial charge in [0.2, 0.25) is 0 Å². The van der Waals surface area contributed by atoms with Crippen LogP contribution in [-0.2, 0) is 19.1 Å². The van der Waals surface area contributed by atoms with Gasteiger partial charge in [-0.3, -0.25) is 9.59 Å². The molecule has 0 saturated heterocycles. The summed E-state index contributed by atoms with van der Waals surface area (Å²) < 4.78 is 44.5. The van der Waals surface area contributed by atoms with Gasteiger partial charge in [0, 0.05) is 6.42 Å². The molecular weight excluding hydrogens is 265 g/mol. The van der Waals surface area contributed by atoms with Crippen LogP contribution < -0.4 is 0 Å². The normalized spacial score (nSPS) is 13.4. The highest BCUT2D eigenvalue weighted by molar-refractivity contribution is 5.99. The molecule has 0 heterocycles. The Bertz CT molecular complexity index is 300. The van der Waals surface area contributed by atoms with Crippen LogP contribution >= 0.6 is 0 Å². The van der Waals surface area contributed by atoms with Crippen molar-refractivity contribution < 1.29 is 32.2 Å². The minimum Gasteiger partial charge on any atom is -0.465 e. The Morgan fingerprint density at radius 2 is 1.79 bits per heavy atom. The van der Waals surface area contributed by atoms with Crippen LogP contribution in [0.15, 0.2) is 0 Å². The predicted molar refractivity (Wildman–Crippen MR) is 61.5 cm³/mol. The molecule has 0 bridgehead atoms. The van der Waals surface area contributed by atoms with Gasteiger partial charge < -0.3 is 9.47 Å². The molecule has 0 aliphatic rings. The molecule has 0 aromatic rings. The molecule has 0 saturated carbocycles. The van der Waals surface area contributed by atoms with Gasteiger partial charge in [0.1, 0.15) is 18.3 Å². The quantitative estimate of drug-likeness (QED) is 0.390. The van der Waals surface area contributed by atoms with Gasteiger partial charge in [0.05, 0.1) is 13.2 Å². The molecule has 1 atom stereocenters. The first-order valence-corrected chi connectivity index (χ1v) is 6.02. The van der Waals surface area contributed by atoms with Crippen molar-refractivity contribution in [2.45, 2.75) is 33.4 Å². The number of ketones is 1. The topological polar surface area (TPSA) is 52.6 Å². The number of ether oxygens (including phenoxy) is 2. The number of Topliss-reactive ketones (excluding diaryl/α,β-unsaturated/α-hetero) is 1. The lowest BCUT2D eigenvalue weighted by Gasteiger charge is -2.17. The zero-order valence-electron chi connectivity index (χ0n) is 11.3. The summed E-state index contributed by atoms with van der Waals surface area (Å²) in [6, 6.07) is 0. The SMILES string of the molecule is CCOC(=O)C(C(=O)CCOCC(F)(F)F)C(C)C. The van der Waals surface area contributed by atoms with Crippen LogP contribution in [0.4, 0.5) is 13.2 Å². The molecule has 4 nitrogen and oxygen atoms in total.